The van der Waals surface area contributed by atoms with E-state index in [4.69, 9.17) is 4.74 Å². The van der Waals surface area contributed by atoms with E-state index in [0.29, 0.717) is 6.04 Å². The number of hydrogen-bond donors (Lipinski definition) is 2. The van der Waals surface area contributed by atoms with Crippen molar-refractivity contribution < 1.29 is 4.74 Å². The van der Waals surface area contributed by atoms with Crippen LogP contribution in [0, 0.1) is 0 Å². The maximum Gasteiger partial charge on any atom is 0.191 e. The number of nitrogens with zero attached hydrogens (tertiary/aromatic N) is 3. The summed E-state index contributed by atoms with van der Waals surface area (Å²) < 4.78 is 5.56. The summed E-state index contributed by atoms with van der Waals surface area (Å²) in [6.45, 7) is 6.57. The molecule has 0 saturated carbocycles. The summed E-state index contributed by atoms with van der Waals surface area (Å²) in [6.07, 6.45) is 3.57. The summed E-state index contributed by atoms with van der Waals surface area (Å²) in [5.41, 5.74) is 1.18. The largest absolute Gasteiger partial charge is 0.496 e. The van der Waals surface area contributed by atoms with E-state index in [1.807, 2.05) is 19.2 Å². The van der Waals surface area contributed by atoms with Crippen LogP contribution in [0.4, 0.5) is 0 Å². The number of ether oxygens (including phenoxy) is 1. The number of guanidine groups is 1. The fourth-order valence-corrected chi connectivity index (χ4v) is 3.71. The molecule has 1 unspecified atom stereocenters. The Morgan fingerprint density at radius 2 is 2.00 bits per heavy atom. The maximum absolute atomic E-state index is 5.56. The van der Waals surface area contributed by atoms with Crippen molar-refractivity contribution in [2.24, 2.45) is 4.99 Å². The minimum Gasteiger partial charge on any atom is -0.496 e. The van der Waals surface area contributed by atoms with Crippen LogP contribution in [0.2, 0.25) is 0 Å². The van der Waals surface area contributed by atoms with Crippen molar-refractivity contribution in [2.75, 3.05) is 54.4 Å². The van der Waals surface area contributed by atoms with E-state index in [1.54, 1.807) is 7.11 Å². The lowest BCUT2D eigenvalue weighted by atomic mass is 10.0. The number of nitrogens with one attached hydrogen (secondary N) is 2. The highest BCUT2D eigenvalue weighted by molar-refractivity contribution is 5.80. The third kappa shape index (κ3) is 6.40. The lowest BCUT2D eigenvalue weighted by Gasteiger charge is -2.33. The van der Waals surface area contributed by atoms with Gasteiger partial charge >= 0.3 is 0 Å². The van der Waals surface area contributed by atoms with Crippen LogP contribution in [0.15, 0.2) is 29.3 Å². The molecule has 6 heteroatoms. The molecule has 1 atom stereocenters. The first-order chi connectivity index (χ1) is 13.1. The second-order valence-electron chi connectivity index (χ2n) is 7.43. The highest BCUT2D eigenvalue weighted by atomic mass is 16.5. The monoisotopic (exact) mass is 375 g/mol. The number of aliphatic imine (C=N–C) groups is 1. The molecular weight excluding hydrogens is 338 g/mol. The standard InChI is InChI=1S/C21H37N5O/c1-6-13-26-14-11-17(12-15-26)24-21(22-2)23-16-19(25(3)4)18-9-7-8-10-20(18)27-5/h7-10,17,19H,6,11-16H2,1-5H3,(H2,22,23,24). The molecule has 0 spiro atoms. The molecule has 0 aromatic heterocycles. The lowest BCUT2D eigenvalue weighted by molar-refractivity contribution is 0.206. The van der Waals surface area contributed by atoms with E-state index >= 15 is 0 Å². The van der Waals surface area contributed by atoms with Crippen LogP contribution in [0.25, 0.3) is 0 Å². The lowest BCUT2D eigenvalue weighted by Crippen LogP contribution is -2.49. The highest BCUT2D eigenvalue weighted by Crippen LogP contribution is 2.27. The molecule has 152 valence electrons. The van der Waals surface area contributed by atoms with Gasteiger partial charge < -0.3 is 25.2 Å². The van der Waals surface area contributed by atoms with Crippen molar-refractivity contribution >= 4 is 5.96 Å². The van der Waals surface area contributed by atoms with Crippen molar-refractivity contribution in [1.82, 2.24) is 20.4 Å². The van der Waals surface area contributed by atoms with Gasteiger partial charge in [-0.2, -0.15) is 0 Å². The molecule has 1 aromatic rings. The Balaban J connectivity index is 1.91. The summed E-state index contributed by atoms with van der Waals surface area (Å²) >= 11 is 0. The molecule has 1 aromatic carbocycles. The van der Waals surface area contributed by atoms with Gasteiger partial charge in [0, 0.05) is 38.3 Å². The zero-order valence-corrected chi connectivity index (χ0v) is 17.7. The first-order valence-electron chi connectivity index (χ1n) is 10.1. The van der Waals surface area contributed by atoms with Gasteiger partial charge in [0.25, 0.3) is 0 Å². The number of methoxy groups -OCH3 is 1. The van der Waals surface area contributed by atoms with Gasteiger partial charge in [-0.3, -0.25) is 4.99 Å². The fraction of sp³-hybridized carbons (Fsp3) is 0.667. The zero-order valence-electron chi connectivity index (χ0n) is 17.7. The minimum absolute atomic E-state index is 0.200. The molecule has 0 radical (unpaired) electrons. The number of para-hydroxylation sites is 1. The summed E-state index contributed by atoms with van der Waals surface area (Å²) in [4.78, 5) is 9.20. The predicted octanol–water partition coefficient (Wildman–Crippen LogP) is 2.34. The SMILES string of the molecule is CCCN1CCC(NC(=NC)NCC(c2ccccc2OC)N(C)C)CC1. The first-order valence-corrected chi connectivity index (χ1v) is 10.1. The van der Waals surface area contributed by atoms with Crippen LogP contribution in [0.5, 0.6) is 5.75 Å². The number of likely N-dealkylation sites (tertiary alicyclic amines) is 1. The molecule has 1 heterocycles. The molecule has 0 bridgehead atoms. The zero-order chi connectivity index (χ0) is 19.6. The summed E-state index contributed by atoms with van der Waals surface area (Å²) in [5.74, 6) is 1.80. The average Bonchev–Trinajstić information content (AvgIpc) is 2.69. The minimum atomic E-state index is 0.200. The van der Waals surface area contributed by atoms with Gasteiger partial charge in [-0.25, -0.2) is 0 Å². The molecule has 1 aliphatic heterocycles. The molecule has 2 N–H and O–H groups in total. The van der Waals surface area contributed by atoms with Crippen molar-refractivity contribution in [3.63, 3.8) is 0 Å². The molecule has 1 saturated heterocycles. The van der Waals surface area contributed by atoms with Crippen LogP contribution in [0.3, 0.4) is 0 Å². The number of hydrogen-bond acceptors (Lipinski definition) is 4. The van der Waals surface area contributed by atoms with Gasteiger partial charge in [-0.1, -0.05) is 25.1 Å². The molecule has 1 aliphatic rings. The van der Waals surface area contributed by atoms with Crippen LogP contribution in [-0.4, -0.2) is 76.2 Å². The van der Waals surface area contributed by atoms with E-state index in [2.05, 4.69) is 58.6 Å². The van der Waals surface area contributed by atoms with E-state index < -0.39 is 0 Å². The smallest absolute Gasteiger partial charge is 0.191 e. The van der Waals surface area contributed by atoms with E-state index in [0.717, 1.165) is 18.3 Å². The number of benzene rings is 1. The Morgan fingerprint density at radius 1 is 1.30 bits per heavy atom. The van der Waals surface area contributed by atoms with Gasteiger partial charge in [-0.15, -0.1) is 0 Å². The highest BCUT2D eigenvalue weighted by Gasteiger charge is 2.21. The molecule has 2 rings (SSSR count). The Morgan fingerprint density at radius 3 is 2.59 bits per heavy atom. The fourth-order valence-electron chi connectivity index (χ4n) is 3.71. The number of piperidine rings is 1. The Kier molecular flexibility index (Phi) is 8.88. The number of rotatable bonds is 8. The average molecular weight is 376 g/mol. The van der Waals surface area contributed by atoms with Gasteiger partial charge in [0.2, 0.25) is 0 Å². The Hall–Kier alpha value is -1.79. The maximum atomic E-state index is 5.56. The summed E-state index contributed by atoms with van der Waals surface area (Å²) in [6, 6.07) is 8.91. The molecular formula is C21H37N5O. The first kappa shape index (κ1) is 21.5. The Bertz CT molecular complexity index is 582. The summed E-state index contributed by atoms with van der Waals surface area (Å²) in [7, 11) is 7.76. The van der Waals surface area contributed by atoms with Gasteiger partial charge in [0.15, 0.2) is 5.96 Å². The topological polar surface area (TPSA) is 52.1 Å². The summed E-state index contributed by atoms with van der Waals surface area (Å²) in [5, 5.41) is 7.12. The van der Waals surface area contributed by atoms with E-state index in [1.165, 1.54) is 44.5 Å². The van der Waals surface area contributed by atoms with Crippen molar-refractivity contribution in [3.8, 4) is 5.75 Å². The quantitative estimate of drug-likeness (QED) is 0.540. The molecule has 27 heavy (non-hydrogen) atoms. The normalized spacial score (nSPS) is 17.8. The van der Waals surface area contributed by atoms with Crippen LogP contribution < -0.4 is 15.4 Å². The van der Waals surface area contributed by atoms with Gasteiger partial charge in [0.05, 0.1) is 13.2 Å². The van der Waals surface area contributed by atoms with Crippen LogP contribution >= 0.6 is 0 Å². The van der Waals surface area contributed by atoms with Crippen molar-refractivity contribution in [3.05, 3.63) is 29.8 Å². The molecule has 6 nitrogen and oxygen atoms in total. The third-order valence-corrected chi connectivity index (χ3v) is 5.28. The van der Waals surface area contributed by atoms with Crippen LogP contribution in [0.1, 0.15) is 37.8 Å². The third-order valence-electron chi connectivity index (χ3n) is 5.28. The second-order valence-corrected chi connectivity index (χ2v) is 7.43. The second kappa shape index (κ2) is 11.1. The van der Waals surface area contributed by atoms with E-state index in [9.17, 15) is 0 Å². The van der Waals surface area contributed by atoms with Gasteiger partial charge in [-0.05, 0) is 46.0 Å². The van der Waals surface area contributed by atoms with Crippen molar-refractivity contribution in [2.45, 2.75) is 38.3 Å². The van der Waals surface area contributed by atoms with Gasteiger partial charge in [0.1, 0.15) is 5.75 Å². The van der Waals surface area contributed by atoms with Crippen molar-refractivity contribution in [1.29, 1.82) is 0 Å². The number of likely N-dealkylation sites (N-methyl/N-ethyl adjacent to an activating group) is 1. The molecule has 0 amide bonds. The molecule has 0 aliphatic carbocycles. The predicted molar refractivity (Wildman–Crippen MR) is 114 cm³/mol. The molecule has 1 fully saturated rings. The van der Waals surface area contributed by atoms with Crippen LogP contribution in [-0.2, 0) is 0 Å². The Labute approximate surface area is 165 Å². The van der Waals surface area contributed by atoms with E-state index in [-0.39, 0.29) is 6.04 Å².